The van der Waals surface area contributed by atoms with E-state index in [-0.39, 0.29) is 11.6 Å². The minimum Gasteiger partial charge on any atom is -0.351 e. The average Bonchev–Trinajstić information content (AvgIpc) is 3.30. The van der Waals surface area contributed by atoms with Gasteiger partial charge in [0.2, 0.25) is 10.0 Å². The van der Waals surface area contributed by atoms with Crippen molar-refractivity contribution in [1.29, 1.82) is 0 Å². The van der Waals surface area contributed by atoms with Crippen molar-refractivity contribution < 1.29 is 17.6 Å². The van der Waals surface area contributed by atoms with Gasteiger partial charge in [0.1, 0.15) is 10.7 Å². The number of likely N-dealkylation sites (N-methyl/N-ethyl adjacent to an activating group) is 1. The second kappa shape index (κ2) is 7.58. The van der Waals surface area contributed by atoms with Crippen molar-refractivity contribution in [3.8, 4) is 0 Å². The number of hydrogen-bond donors (Lipinski definition) is 2. The number of benzene rings is 1. The van der Waals surface area contributed by atoms with Crippen molar-refractivity contribution in [3.63, 3.8) is 0 Å². The van der Waals surface area contributed by atoms with Crippen LogP contribution < -0.4 is 10.0 Å². The van der Waals surface area contributed by atoms with Crippen LogP contribution in [0.25, 0.3) is 0 Å². The quantitative estimate of drug-likeness (QED) is 0.736. The van der Waals surface area contributed by atoms with E-state index >= 15 is 0 Å². The van der Waals surface area contributed by atoms with Crippen molar-refractivity contribution in [2.45, 2.75) is 43.7 Å². The van der Waals surface area contributed by atoms with Gasteiger partial charge in [0.15, 0.2) is 0 Å². The van der Waals surface area contributed by atoms with E-state index in [0.717, 1.165) is 25.0 Å². The van der Waals surface area contributed by atoms with Gasteiger partial charge in [0.25, 0.3) is 5.91 Å². The van der Waals surface area contributed by atoms with E-state index in [1.165, 1.54) is 6.07 Å². The normalized spacial score (nSPS) is 15.1. The molecule has 1 saturated carbocycles. The smallest absolute Gasteiger partial charge is 0.251 e. The Morgan fingerprint density at radius 2 is 2.04 bits per heavy atom. The number of rotatable bonds is 8. The molecule has 0 bridgehead atoms. The van der Waals surface area contributed by atoms with Gasteiger partial charge >= 0.3 is 0 Å². The molecule has 0 saturated heterocycles. The number of nitrogens with one attached hydrogen (secondary N) is 2. The fourth-order valence-corrected chi connectivity index (χ4v) is 3.45. The fraction of sp³-hybridized carbons (Fsp3) is 0.562. The summed E-state index contributed by atoms with van der Waals surface area (Å²) in [6, 6.07) is 3.61. The van der Waals surface area contributed by atoms with Crippen LogP contribution in [0.15, 0.2) is 23.1 Å². The highest BCUT2D eigenvalue weighted by atomic mass is 32.2. The molecule has 1 aliphatic carbocycles. The van der Waals surface area contributed by atoms with Gasteiger partial charge in [-0.15, -0.1) is 0 Å². The topological polar surface area (TPSA) is 78.5 Å². The summed E-state index contributed by atoms with van der Waals surface area (Å²) in [4.78, 5) is 13.7. The molecule has 0 unspecified atom stereocenters. The van der Waals surface area contributed by atoms with Crippen LogP contribution >= 0.6 is 0 Å². The van der Waals surface area contributed by atoms with Crippen LogP contribution in [-0.4, -0.2) is 51.4 Å². The zero-order chi connectivity index (χ0) is 17.9. The summed E-state index contributed by atoms with van der Waals surface area (Å²) in [6.07, 6.45) is 1.51. The molecule has 8 heteroatoms. The van der Waals surface area contributed by atoms with Gasteiger partial charge in [-0.1, -0.05) is 0 Å². The van der Waals surface area contributed by atoms with Gasteiger partial charge in [-0.2, -0.15) is 0 Å². The minimum atomic E-state index is -3.94. The zero-order valence-electron chi connectivity index (χ0n) is 14.2. The van der Waals surface area contributed by atoms with Crippen LogP contribution in [0.4, 0.5) is 4.39 Å². The number of hydrogen-bond acceptors (Lipinski definition) is 4. The molecule has 0 aromatic heterocycles. The Bertz CT molecular complexity index is 703. The SMILES string of the molecule is CC(C)N(C)CCNC(=O)c1ccc(F)c(S(=O)(=O)NC2CC2)c1. The van der Waals surface area contributed by atoms with E-state index in [0.29, 0.717) is 19.1 Å². The second-order valence-corrected chi connectivity index (χ2v) is 8.05. The molecule has 1 aromatic rings. The highest BCUT2D eigenvalue weighted by molar-refractivity contribution is 7.89. The molecular formula is C16H24FN3O3S. The number of amides is 1. The van der Waals surface area contributed by atoms with E-state index in [1.54, 1.807) is 0 Å². The molecule has 0 heterocycles. The maximum absolute atomic E-state index is 13.9. The lowest BCUT2D eigenvalue weighted by atomic mass is 10.2. The largest absolute Gasteiger partial charge is 0.351 e. The van der Waals surface area contributed by atoms with E-state index < -0.39 is 26.6 Å². The lowest BCUT2D eigenvalue weighted by Crippen LogP contribution is -2.36. The predicted molar refractivity (Wildman–Crippen MR) is 89.8 cm³/mol. The molecule has 2 N–H and O–H groups in total. The Labute approximate surface area is 142 Å². The number of carbonyl (C=O) groups excluding carboxylic acids is 1. The Morgan fingerprint density at radius 1 is 1.38 bits per heavy atom. The van der Waals surface area contributed by atoms with Crippen LogP contribution in [-0.2, 0) is 10.0 Å². The highest BCUT2D eigenvalue weighted by Crippen LogP contribution is 2.24. The van der Waals surface area contributed by atoms with Crippen molar-refractivity contribution >= 4 is 15.9 Å². The molecule has 1 fully saturated rings. The molecule has 134 valence electrons. The van der Waals surface area contributed by atoms with Gasteiger partial charge in [-0.3, -0.25) is 4.79 Å². The second-order valence-electron chi connectivity index (χ2n) is 6.37. The minimum absolute atomic E-state index is 0.125. The van der Waals surface area contributed by atoms with Crippen molar-refractivity contribution in [2.75, 3.05) is 20.1 Å². The molecule has 0 spiro atoms. The summed E-state index contributed by atoms with van der Waals surface area (Å²) in [5, 5.41) is 2.72. The lowest BCUT2D eigenvalue weighted by molar-refractivity contribution is 0.0947. The number of nitrogens with zero attached hydrogens (tertiary/aromatic N) is 1. The van der Waals surface area contributed by atoms with E-state index in [2.05, 4.69) is 14.9 Å². The number of sulfonamides is 1. The summed E-state index contributed by atoms with van der Waals surface area (Å²) < 4.78 is 40.6. The maximum Gasteiger partial charge on any atom is 0.251 e. The standard InChI is InChI=1S/C16H24FN3O3S/c1-11(2)20(3)9-8-18-16(21)12-4-7-14(17)15(10-12)24(22,23)19-13-5-6-13/h4,7,10-11,13,19H,5-6,8-9H2,1-3H3,(H,18,21). The Balaban J connectivity index is 2.05. The van der Waals surface area contributed by atoms with Crippen LogP contribution in [0.3, 0.4) is 0 Å². The zero-order valence-corrected chi connectivity index (χ0v) is 15.0. The predicted octanol–water partition coefficient (Wildman–Crippen LogP) is 1.34. The van der Waals surface area contributed by atoms with Crippen molar-refractivity contribution in [3.05, 3.63) is 29.6 Å². The van der Waals surface area contributed by atoms with Crippen LogP contribution in [0, 0.1) is 5.82 Å². The fourth-order valence-electron chi connectivity index (χ4n) is 2.04. The van der Waals surface area contributed by atoms with E-state index in [9.17, 15) is 17.6 Å². The monoisotopic (exact) mass is 357 g/mol. The number of carbonyl (C=O) groups is 1. The summed E-state index contributed by atoms with van der Waals surface area (Å²) in [6.45, 7) is 5.18. The van der Waals surface area contributed by atoms with Gasteiger partial charge in [0.05, 0.1) is 0 Å². The third-order valence-electron chi connectivity index (χ3n) is 4.01. The van der Waals surface area contributed by atoms with E-state index in [4.69, 9.17) is 0 Å². The summed E-state index contributed by atoms with van der Waals surface area (Å²) in [7, 11) is -1.99. The van der Waals surface area contributed by atoms with Crippen LogP contribution in [0.1, 0.15) is 37.0 Å². The lowest BCUT2D eigenvalue weighted by Gasteiger charge is -2.20. The first kappa shape index (κ1) is 18.8. The molecule has 0 atom stereocenters. The first-order valence-electron chi connectivity index (χ1n) is 8.01. The molecule has 0 radical (unpaired) electrons. The van der Waals surface area contributed by atoms with Crippen LogP contribution in [0.2, 0.25) is 0 Å². The third-order valence-corrected chi connectivity index (χ3v) is 5.55. The Morgan fingerprint density at radius 3 is 2.62 bits per heavy atom. The number of halogens is 1. The van der Waals surface area contributed by atoms with Crippen LogP contribution in [0.5, 0.6) is 0 Å². The third kappa shape index (κ3) is 4.99. The van der Waals surface area contributed by atoms with Crippen molar-refractivity contribution in [1.82, 2.24) is 14.9 Å². The highest BCUT2D eigenvalue weighted by Gasteiger charge is 2.30. The van der Waals surface area contributed by atoms with E-state index in [1.807, 2.05) is 20.9 Å². The molecule has 1 aromatic carbocycles. The molecular weight excluding hydrogens is 333 g/mol. The average molecular weight is 357 g/mol. The molecule has 1 aliphatic rings. The molecule has 24 heavy (non-hydrogen) atoms. The molecule has 1 amide bonds. The first-order valence-corrected chi connectivity index (χ1v) is 9.49. The Hall–Kier alpha value is -1.51. The first-order chi connectivity index (χ1) is 11.2. The molecule has 2 rings (SSSR count). The molecule has 6 nitrogen and oxygen atoms in total. The molecule has 0 aliphatic heterocycles. The van der Waals surface area contributed by atoms with Crippen molar-refractivity contribution in [2.24, 2.45) is 0 Å². The van der Waals surface area contributed by atoms with Gasteiger partial charge in [0, 0.05) is 30.7 Å². The van der Waals surface area contributed by atoms with Gasteiger partial charge in [-0.05, 0) is 51.9 Å². The summed E-state index contributed by atoms with van der Waals surface area (Å²) >= 11 is 0. The van der Waals surface area contributed by atoms with Gasteiger partial charge < -0.3 is 10.2 Å². The Kier molecular flexibility index (Phi) is 5.95. The van der Waals surface area contributed by atoms with Gasteiger partial charge in [-0.25, -0.2) is 17.5 Å². The summed E-state index contributed by atoms with van der Waals surface area (Å²) in [5.41, 5.74) is 0.125. The maximum atomic E-state index is 13.9. The summed E-state index contributed by atoms with van der Waals surface area (Å²) in [5.74, 6) is -1.28.